The van der Waals surface area contributed by atoms with Crippen molar-refractivity contribution in [1.29, 1.82) is 0 Å². The van der Waals surface area contributed by atoms with Crippen LogP contribution in [0.4, 0.5) is 0 Å². The van der Waals surface area contributed by atoms with E-state index in [1.54, 1.807) is 33.7 Å². The summed E-state index contributed by atoms with van der Waals surface area (Å²) in [5, 5.41) is 20.2. The molecule has 0 unspecified atom stereocenters. The van der Waals surface area contributed by atoms with Crippen LogP contribution in [0.2, 0.25) is 0 Å². The highest BCUT2D eigenvalue weighted by Crippen LogP contribution is 2.40. The van der Waals surface area contributed by atoms with Gasteiger partial charge in [-0.2, -0.15) is 0 Å². The van der Waals surface area contributed by atoms with Gasteiger partial charge < -0.3 is 20.0 Å². The molecular weight excluding hydrogens is 340 g/mol. The lowest BCUT2D eigenvalue weighted by Crippen LogP contribution is -2.10. The molecule has 4 nitrogen and oxygen atoms in total. The van der Waals surface area contributed by atoms with Crippen molar-refractivity contribution < 1.29 is 10.2 Å². The Morgan fingerprint density at radius 1 is 0.708 bits per heavy atom. The third-order valence-corrected chi connectivity index (χ3v) is 5.70. The number of phenols is 2. The summed E-state index contributed by atoms with van der Waals surface area (Å²) in [5.74, 6) is 0.636. The molecule has 0 fully saturated rings. The summed E-state index contributed by atoms with van der Waals surface area (Å²) in [5.41, 5.74) is 1.83. The van der Waals surface area contributed by atoms with E-state index >= 15 is 0 Å². The highest BCUT2D eigenvalue weighted by molar-refractivity contribution is 8.76. The number of nitrogens with zero attached hydrogens (tertiary/aromatic N) is 2. The zero-order valence-electron chi connectivity index (χ0n) is 14.5. The van der Waals surface area contributed by atoms with E-state index in [0.29, 0.717) is 24.6 Å². The van der Waals surface area contributed by atoms with E-state index in [0.717, 1.165) is 20.9 Å². The first kappa shape index (κ1) is 19.0. The third kappa shape index (κ3) is 5.63. The minimum atomic E-state index is 0.318. The van der Waals surface area contributed by atoms with Gasteiger partial charge in [-0.25, -0.2) is 0 Å². The lowest BCUT2D eigenvalue weighted by Gasteiger charge is -2.13. The molecule has 2 N–H and O–H groups in total. The molecule has 0 radical (unpaired) electrons. The Hall–Kier alpha value is -1.34. The Bertz CT molecular complexity index is 631. The van der Waals surface area contributed by atoms with Crippen molar-refractivity contribution in [1.82, 2.24) is 9.80 Å². The minimum Gasteiger partial charge on any atom is -0.508 e. The first-order chi connectivity index (χ1) is 11.3. The van der Waals surface area contributed by atoms with Gasteiger partial charge in [0.15, 0.2) is 0 Å². The number of hydrogen-bond donors (Lipinski definition) is 2. The monoisotopic (exact) mass is 364 g/mol. The highest BCUT2D eigenvalue weighted by atomic mass is 33.1. The molecule has 0 bridgehead atoms. The number of aromatic hydroxyl groups is 2. The van der Waals surface area contributed by atoms with E-state index in [1.165, 1.54) is 0 Å². The van der Waals surface area contributed by atoms with Crippen LogP contribution in [0.5, 0.6) is 11.5 Å². The summed E-state index contributed by atoms with van der Waals surface area (Å²) in [6, 6.07) is 11.5. The molecule has 0 aliphatic heterocycles. The fourth-order valence-corrected chi connectivity index (χ4v) is 4.19. The van der Waals surface area contributed by atoms with Crippen LogP contribution in [-0.2, 0) is 13.1 Å². The molecule has 0 aliphatic rings. The van der Waals surface area contributed by atoms with Gasteiger partial charge in [0, 0.05) is 34.0 Å². The van der Waals surface area contributed by atoms with Crippen molar-refractivity contribution in [3.05, 3.63) is 47.5 Å². The maximum absolute atomic E-state index is 10.1. The van der Waals surface area contributed by atoms with E-state index in [4.69, 9.17) is 0 Å². The fraction of sp³-hybridized carbons (Fsp3) is 0.333. The van der Waals surface area contributed by atoms with Gasteiger partial charge in [0.05, 0.1) is 0 Å². The molecule has 0 saturated heterocycles. The number of rotatable bonds is 7. The van der Waals surface area contributed by atoms with Gasteiger partial charge in [-0.15, -0.1) is 0 Å². The van der Waals surface area contributed by atoms with E-state index in [1.807, 2.05) is 62.3 Å². The Balaban J connectivity index is 2.00. The predicted octanol–water partition coefficient (Wildman–Crippen LogP) is 4.02. The standard InChI is InChI=1S/C18H24N2O2S2/c1-19(2)11-13-5-7-15(9-17(13)21)23-24-16-8-6-14(12-20(3)4)18(22)10-16/h5-10,21-22H,11-12H2,1-4H3. The maximum atomic E-state index is 10.1. The van der Waals surface area contributed by atoms with Crippen molar-refractivity contribution in [3.63, 3.8) is 0 Å². The largest absolute Gasteiger partial charge is 0.508 e. The van der Waals surface area contributed by atoms with Gasteiger partial charge in [0.2, 0.25) is 0 Å². The average molecular weight is 365 g/mol. The molecular formula is C18H24N2O2S2. The second-order valence-corrected chi connectivity index (χ2v) is 8.50. The van der Waals surface area contributed by atoms with Crippen LogP contribution in [0.15, 0.2) is 46.2 Å². The van der Waals surface area contributed by atoms with Crippen LogP contribution >= 0.6 is 21.6 Å². The first-order valence-corrected chi connectivity index (χ1v) is 9.78. The predicted molar refractivity (Wildman–Crippen MR) is 103 cm³/mol. The lowest BCUT2D eigenvalue weighted by atomic mass is 10.2. The molecule has 2 aromatic rings. The Morgan fingerprint density at radius 3 is 1.38 bits per heavy atom. The van der Waals surface area contributed by atoms with Crippen molar-refractivity contribution in [3.8, 4) is 11.5 Å². The number of phenolic OH excluding ortho intramolecular Hbond substituents is 2. The molecule has 0 aliphatic carbocycles. The van der Waals surface area contributed by atoms with E-state index < -0.39 is 0 Å². The average Bonchev–Trinajstić information content (AvgIpc) is 2.49. The highest BCUT2D eigenvalue weighted by Gasteiger charge is 2.07. The van der Waals surface area contributed by atoms with Crippen molar-refractivity contribution in [2.75, 3.05) is 28.2 Å². The SMILES string of the molecule is CN(C)Cc1ccc(SSc2ccc(CN(C)C)c(O)c2)cc1O. The first-order valence-electron chi connectivity index (χ1n) is 7.63. The molecule has 0 saturated carbocycles. The summed E-state index contributed by atoms with van der Waals surface area (Å²) in [6.45, 7) is 1.43. The lowest BCUT2D eigenvalue weighted by molar-refractivity contribution is 0.385. The Morgan fingerprint density at radius 2 is 1.08 bits per heavy atom. The fourth-order valence-electron chi connectivity index (χ4n) is 2.24. The normalized spacial score (nSPS) is 11.4. The van der Waals surface area contributed by atoms with Crippen LogP contribution in [0.3, 0.4) is 0 Å². The molecule has 0 amide bonds. The van der Waals surface area contributed by atoms with Crippen LogP contribution in [0.25, 0.3) is 0 Å². The van der Waals surface area contributed by atoms with Crippen LogP contribution in [-0.4, -0.2) is 48.2 Å². The van der Waals surface area contributed by atoms with Gasteiger partial charge >= 0.3 is 0 Å². The molecule has 0 atom stereocenters. The van der Waals surface area contributed by atoms with Crippen LogP contribution < -0.4 is 0 Å². The van der Waals surface area contributed by atoms with Gasteiger partial charge in [0.25, 0.3) is 0 Å². The molecule has 0 aromatic heterocycles. The number of benzene rings is 2. The van der Waals surface area contributed by atoms with E-state index in [2.05, 4.69) is 0 Å². The summed E-state index contributed by atoms with van der Waals surface area (Å²) < 4.78 is 0. The maximum Gasteiger partial charge on any atom is 0.121 e. The topological polar surface area (TPSA) is 46.9 Å². The molecule has 2 rings (SSSR count). The third-order valence-electron chi connectivity index (χ3n) is 3.32. The van der Waals surface area contributed by atoms with Gasteiger partial charge in [0.1, 0.15) is 11.5 Å². The summed E-state index contributed by atoms with van der Waals surface area (Å²) >= 11 is 0. The van der Waals surface area contributed by atoms with Gasteiger partial charge in [-0.3, -0.25) is 0 Å². The molecule has 0 spiro atoms. The summed E-state index contributed by atoms with van der Waals surface area (Å²) in [7, 11) is 11.0. The van der Waals surface area contributed by atoms with Gasteiger partial charge in [-0.05, 0) is 52.5 Å². The molecule has 130 valence electrons. The van der Waals surface area contributed by atoms with Crippen molar-refractivity contribution in [2.24, 2.45) is 0 Å². The zero-order valence-corrected chi connectivity index (χ0v) is 16.1. The summed E-state index contributed by atoms with van der Waals surface area (Å²) in [6.07, 6.45) is 0. The molecule has 6 heteroatoms. The Kier molecular flexibility index (Phi) is 6.86. The number of hydrogen-bond acceptors (Lipinski definition) is 6. The van der Waals surface area contributed by atoms with Gasteiger partial charge in [-0.1, -0.05) is 33.7 Å². The second kappa shape index (κ2) is 8.67. The van der Waals surface area contributed by atoms with Crippen molar-refractivity contribution in [2.45, 2.75) is 22.9 Å². The molecule has 2 aromatic carbocycles. The van der Waals surface area contributed by atoms with E-state index in [-0.39, 0.29) is 0 Å². The Labute approximate surface area is 151 Å². The quantitative estimate of drug-likeness (QED) is 0.724. The summed E-state index contributed by atoms with van der Waals surface area (Å²) in [4.78, 5) is 6.01. The smallest absolute Gasteiger partial charge is 0.121 e. The zero-order chi connectivity index (χ0) is 17.7. The molecule has 0 heterocycles. The molecule has 24 heavy (non-hydrogen) atoms. The minimum absolute atomic E-state index is 0.318. The van der Waals surface area contributed by atoms with Crippen LogP contribution in [0.1, 0.15) is 11.1 Å². The second-order valence-electron chi connectivity index (χ2n) is 6.22. The van der Waals surface area contributed by atoms with Crippen LogP contribution in [0, 0.1) is 0 Å². The van der Waals surface area contributed by atoms with E-state index in [9.17, 15) is 10.2 Å². The van der Waals surface area contributed by atoms with Crippen molar-refractivity contribution >= 4 is 21.6 Å².